The fourth-order valence-corrected chi connectivity index (χ4v) is 11.2. The van der Waals surface area contributed by atoms with Gasteiger partial charge >= 0.3 is 0 Å². The van der Waals surface area contributed by atoms with Gasteiger partial charge in [0.1, 0.15) is 11.5 Å². The minimum absolute atomic E-state index is 0.0485. The van der Waals surface area contributed by atoms with E-state index in [-0.39, 0.29) is 23.0 Å². The van der Waals surface area contributed by atoms with Crippen LogP contribution in [-0.4, -0.2) is 6.71 Å². The van der Waals surface area contributed by atoms with Gasteiger partial charge < -0.3 is 14.5 Å². The molecule has 336 valence electrons. The van der Waals surface area contributed by atoms with Crippen LogP contribution >= 0.6 is 0 Å². The van der Waals surface area contributed by atoms with Crippen molar-refractivity contribution in [1.29, 1.82) is 0 Å². The summed E-state index contributed by atoms with van der Waals surface area (Å²) in [6, 6.07) is 74.3. The zero-order valence-corrected chi connectivity index (χ0v) is 40.9. The molecule has 0 fully saturated rings. The highest BCUT2D eigenvalue weighted by Crippen LogP contribution is 2.52. The Labute approximate surface area is 408 Å². The maximum Gasteiger partial charge on any atom is 0.256 e. The zero-order chi connectivity index (χ0) is 47.4. The zero-order valence-electron chi connectivity index (χ0n) is 40.9. The van der Waals surface area contributed by atoms with Gasteiger partial charge in [-0.15, -0.1) is 0 Å². The lowest BCUT2D eigenvalue weighted by atomic mass is 9.34. The molecule has 1 aliphatic carbocycles. The fraction of sp³-hybridized carbons (Fsp3) is 0.169. The van der Waals surface area contributed by atoms with E-state index in [0.717, 1.165) is 39.9 Å². The van der Waals surface area contributed by atoms with E-state index in [1.807, 2.05) is 0 Å². The minimum atomic E-state index is -0.274. The van der Waals surface area contributed by atoms with Gasteiger partial charge in [-0.1, -0.05) is 183 Å². The molecule has 3 nitrogen and oxygen atoms in total. The van der Waals surface area contributed by atoms with Crippen LogP contribution in [0, 0.1) is 0 Å². The minimum Gasteiger partial charge on any atom is -0.458 e. The summed E-state index contributed by atoms with van der Waals surface area (Å²) in [5.74, 6) is 1.83. The smallest absolute Gasteiger partial charge is 0.256 e. The third-order valence-corrected chi connectivity index (χ3v) is 15.1. The molecule has 0 N–H and O–H groups in total. The maximum atomic E-state index is 7.14. The monoisotopic (exact) mass is 892 g/mol. The number of fused-ring (bicyclic) bond motifs is 7. The van der Waals surface area contributed by atoms with Crippen molar-refractivity contribution < 1.29 is 4.74 Å². The molecule has 0 aromatic heterocycles. The predicted molar refractivity (Wildman–Crippen MR) is 293 cm³/mol. The first kappa shape index (κ1) is 42.8. The molecular weight excluding hydrogens is 836 g/mol. The Bertz CT molecular complexity index is 3390. The van der Waals surface area contributed by atoms with Crippen molar-refractivity contribution in [2.24, 2.45) is 0 Å². The van der Waals surface area contributed by atoms with E-state index in [2.05, 4.69) is 265 Å². The molecule has 0 saturated heterocycles. The third kappa shape index (κ3) is 7.11. The van der Waals surface area contributed by atoms with Crippen LogP contribution in [0.15, 0.2) is 200 Å². The highest BCUT2D eigenvalue weighted by molar-refractivity contribution is 6.99. The van der Waals surface area contributed by atoms with Crippen molar-refractivity contribution in [3.8, 4) is 44.9 Å². The largest absolute Gasteiger partial charge is 0.458 e. The molecule has 2 aliphatic heterocycles. The molecule has 4 heteroatoms. The summed E-state index contributed by atoms with van der Waals surface area (Å²) in [5, 5.41) is 0. The Morgan fingerprint density at radius 1 is 0.435 bits per heavy atom. The summed E-state index contributed by atoms with van der Waals surface area (Å²) < 4.78 is 7.14. The Balaban J connectivity index is 0.994. The lowest BCUT2D eigenvalue weighted by Crippen LogP contribution is -2.59. The van der Waals surface area contributed by atoms with Gasteiger partial charge in [0.05, 0.1) is 0 Å². The van der Waals surface area contributed by atoms with Crippen LogP contribution in [0.25, 0.3) is 33.4 Å². The maximum absolute atomic E-state index is 7.14. The molecule has 3 aliphatic rings. The molecule has 0 radical (unpaired) electrons. The molecular formula is C65H57BN2O. The van der Waals surface area contributed by atoms with Gasteiger partial charge in [0.25, 0.3) is 6.71 Å². The second-order valence-corrected chi connectivity index (χ2v) is 21.8. The van der Waals surface area contributed by atoms with Crippen LogP contribution in [0.2, 0.25) is 0 Å². The van der Waals surface area contributed by atoms with E-state index in [4.69, 9.17) is 4.74 Å². The predicted octanol–water partition coefficient (Wildman–Crippen LogP) is 15.8. The van der Waals surface area contributed by atoms with Crippen LogP contribution in [-0.2, 0) is 16.2 Å². The van der Waals surface area contributed by atoms with Crippen molar-refractivity contribution in [3.05, 3.63) is 222 Å². The van der Waals surface area contributed by atoms with Crippen molar-refractivity contribution in [2.75, 3.05) is 9.80 Å². The van der Waals surface area contributed by atoms with Gasteiger partial charge in [-0.2, -0.15) is 0 Å². The number of nitrogens with zero attached hydrogens (tertiary/aromatic N) is 2. The quantitative estimate of drug-likeness (QED) is 0.155. The average molecular weight is 893 g/mol. The molecule has 0 atom stereocenters. The van der Waals surface area contributed by atoms with E-state index >= 15 is 0 Å². The van der Waals surface area contributed by atoms with Crippen molar-refractivity contribution >= 4 is 57.2 Å². The summed E-state index contributed by atoms with van der Waals surface area (Å²) in [7, 11) is 0. The molecule has 0 unspecified atom stereocenters. The topological polar surface area (TPSA) is 15.7 Å². The summed E-state index contributed by atoms with van der Waals surface area (Å²) in [6.45, 7) is 18.4. The summed E-state index contributed by atoms with van der Waals surface area (Å²) in [4.78, 5) is 4.82. The Kier molecular flexibility index (Phi) is 9.77. The molecule has 0 saturated carbocycles. The van der Waals surface area contributed by atoms with Gasteiger partial charge in [-0.25, -0.2) is 0 Å². The van der Waals surface area contributed by atoms with Gasteiger partial charge in [-0.05, 0) is 156 Å². The second-order valence-electron chi connectivity index (χ2n) is 21.8. The standard InChI is InChI=1S/C65H57BN2O/c1-63(2,3)46-29-22-42(23-30-46)43-26-33-50(34-27-43)68-58-37-28-45(44-24-31-47(32-25-44)64(4,5)6)38-56(58)66-57-41-55-53(40-61(57)69-60-21-15-20-59(68)62(60)66)52-36-35-51(39-54(52)65(55,7)8)67(48-16-11-9-12-17-48)49-18-13-10-14-19-49/h9-41H,1-8H3. The Morgan fingerprint density at radius 3 is 1.58 bits per heavy atom. The van der Waals surface area contributed by atoms with E-state index in [0.29, 0.717) is 0 Å². The number of benzene rings is 9. The van der Waals surface area contributed by atoms with E-state index in [1.165, 1.54) is 77.7 Å². The molecule has 0 spiro atoms. The van der Waals surface area contributed by atoms with Crippen LogP contribution < -0.4 is 30.9 Å². The van der Waals surface area contributed by atoms with E-state index < -0.39 is 0 Å². The molecule has 9 aromatic rings. The van der Waals surface area contributed by atoms with Crippen LogP contribution in [0.1, 0.15) is 77.6 Å². The number of ether oxygens (including phenoxy) is 1. The fourth-order valence-electron chi connectivity index (χ4n) is 11.2. The van der Waals surface area contributed by atoms with Gasteiger partial charge in [0.15, 0.2) is 0 Å². The molecule has 0 amide bonds. The number of hydrogen-bond donors (Lipinski definition) is 0. The van der Waals surface area contributed by atoms with Crippen LogP contribution in [0.5, 0.6) is 11.5 Å². The summed E-state index contributed by atoms with van der Waals surface area (Å²) in [6.07, 6.45) is 0. The summed E-state index contributed by atoms with van der Waals surface area (Å²) >= 11 is 0. The Morgan fingerprint density at radius 2 is 0.986 bits per heavy atom. The number of para-hydroxylation sites is 2. The first-order valence-corrected chi connectivity index (χ1v) is 24.5. The van der Waals surface area contributed by atoms with Crippen LogP contribution in [0.4, 0.5) is 34.1 Å². The van der Waals surface area contributed by atoms with Crippen molar-refractivity contribution in [2.45, 2.75) is 71.6 Å². The summed E-state index contributed by atoms with van der Waals surface area (Å²) in [5.41, 5.74) is 23.1. The normalized spacial score (nSPS) is 14.0. The molecule has 12 rings (SSSR count). The van der Waals surface area contributed by atoms with E-state index in [9.17, 15) is 0 Å². The molecule has 0 bridgehead atoms. The first-order valence-electron chi connectivity index (χ1n) is 24.5. The van der Waals surface area contributed by atoms with Gasteiger partial charge in [0.2, 0.25) is 0 Å². The third-order valence-electron chi connectivity index (χ3n) is 15.1. The average Bonchev–Trinajstić information content (AvgIpc) is 3.57. The highest BCUT2D eigenvalue weighted by atomic mass is 16.5. The van der Waals surface area contributed by atoms with Crippen LogP contribution in [0.3, 0.4) is 0 Å². The molecule has 69 heavy (non-hydrogen) atoms. The van der Waals surface area contributed by atoms with Crippen molar-refractivity contribution in [1.82, 2.24) is 0 Å². The highest BCUT2D eigenvalue weighted by Gasteiger charge is 2.45. The van der Waals surface area contributed by atoms with Gasteiger partial charge in [0, 0.05) is 39.5 Å². The lowest BCUT2D eigenvalue weighted by molar-refractivity contribution is 0.487. The molecule has 2 heterocycles. The Hall–Kier alpha value is -7.56. The lowest BCUT2D eigenvalue weighted by Gasteiger charge is -2.40. The second kappa shape index (κ2) is 15.8. The SMILES string of the molecule is CC(C)(C)c1ccc(-c2ccc(N3c4ccc(-c5ccc(C(C)(C)C)cc5)cc4B4c5cc6c(cc5Oc5cccc3c54)-c3ccc(N(c4ccccc4)c4ccccc4)cc3C6(C)C)cc2)cc1. The number of rotatable bonds is 6. The molecule has 9 aromatic carbocycles. The first-order chi connectivity index (χ1) is 33.2. The van der Waals surface area contributed by atoms with Gasteiger partial charge in [-0.3, -0.25) is 0 Å². The van der Waals surface area contributed by atoms with Crippen molar-refractivity contribution in [3.63, 3.8) is 0 Å². The number of anilines is 6. The van der Waals surface area contributed by atoms with E-state index in [1.54, 1.807) is 0 Å². The number of hydrogen-bond acceptors (Lipinski definition) is 3.